The van der Waals surface area contributed by atoms with Crippen molar-refractivity contribution in [2.24, 2.45) is 0 Å². The number of nitrogens with one attached hydrogen (secondary N) is 2. The molecule has 2 heterocycles. The van der Waals surface area contributed by atoms with Gasteiger partial charge in [-0.05, 0) is 56.6 Å². The number of hydrogen-bond acceptors (Lipinski definition) is 7. The van der Waals surface area contributed by atoms with Crippen molar-refractivity contribution in [1.82, 2.24) is 24.6 Å². The summed E-state index contributed by atoms with van der Waals surface area (Å²) in [5.41, 5.74) is 3.73. The molecule has 0 fully saturated rings. The van der Waals surface area contributed by atoms with E-state index in [-0.39, 0.29) is 5.91 Å². The lowest BCUT2D eigenvalue weighted by Gasteiger charge is -2.12. The second-order valence-corrected chi connectivity index (χ2v) is 7.94. The molecule has 4 aromatic rings. The third-order valence-corrected chi connectivity index (χ3v) is 5.34. The molecule has 0 aliphatic rings. The van der Waals surface area contributed by atoms with Gasteiger partial charge in [0, 0.05) is 42.3 Å². The number of likely N-dealkylation sites (N-methyl/N-ethyl adjacent to an activating group) is 1. The van der Waals surface area contributed by atoms with Crippen LogP contribution in [0.15, 0.2) is 61.1 Å². The maximum Gasteiger partial charge on any atom is 0.251 e. The number of carbonyl (C=O) groups is 1. The molecule has 9 heteroatoms. The average Bonchev–Trinajstić information content (AvgIpc) is 3.22. The predicted octanol–water partition coefficient (Wildman–Crippen LogP) is 3.45. The molecule has 0 aliphatic carbocycles. The quantitative estimate of drug-likeness (QED) is 0.395. The van der Waals surface area contributed by atoms with Crippen molar-refractivity contribution in [3.8, 4) is 22.8 Å². The number of amides is 1. The molecule has 0 spiro atoms. The number of anilines is 2. The molecule has 0 bridgehead atoms. The second-order valence-electron chi connectivity index (χ2n) is 7.94. The number of fused-ring (bicyclic) bond motifs is 1. The Morgan fingerprint density at radius 1 is 1.06 bits per heavy atom. The van der Waals surface area contributed by atoms with Crippen LogP contribution in [0.25, 0.3) is 16.9 Å². The molecule has 9 nitrogen and oxygen atoms in total. The first-order chi connectivity index (χ1) is 16.5. The van der Waals surface area contributed by atoms with Crippen LogP contribution in [0.5, 0.6) is 11.5 Å². The Hall–Kier alpha value is -4.11. The number of hydrogen-bond donors (Lipinski definition) is 2. The molecule has 2 N–H and O–H groups in total. The Labute approximate surface area is 198 Å². The van der Waals surface area contributed by atoms with E-state index >= 15 is 0 Å². The monoisotopic (exact) mass is 460 g/mol. The number of benzene rings is 2. The van der Waals surface area contributed by atoms with Crippen molar-refractivity contribution in [2.45, 2.75) is 0 Å². The van der Waals surface area contributed by atoms with Gasteiger partial charge in [0.1, 0.15) is 11.5 Å². The number of aromatic nitrogens is 3. The van der Waals surface area contributed by atoms with Gasteiger partial charge >= 0.3 is 0 Å². The van der Waals surface area contributed by atoms with Gasteiger partial charge in [-0.15, -0.1) is 0 Å². The van der Waals surface area contributed by atoms with Crippen molar-refractivity contribution >= 4 is 23.1 Å². The fourth-order valence-electron chi connectivity index (χ4n) is 3.55. The highest BCUT2D eigenvalue weighted by molar-refractivity contribution is 5.94. The van der Waals surface area contributed by atoms with Crippen LogP contribution in [-0.4, -0.2) is 66.6 Å². The van der Waals surface area contributed by atoms with Crippen LogP contribution in [0.4, 0.5) is 11.5 Å². The van der Waals surface area contributed by atoms with E-state index in [1.807, 2.05) is 59.9 Å². The van der Waals surface area contributed by atoms with Crippen molar-refractivity contribution in [1.29, 1.82) is 0 Å². The summed E-state index contributed by atoms with van der Waals surface area (Å²) < 4.78 is 12.8. The smallest absolute Gasteiger partial charge is 0.251 e. The predicted molar refractivity (Wildman–Crippen MR) is 132 cm³/mol. The largest absolute Gasteiger partial charge is 0.493 e. The Kier molecular flexibility index (Phi) is 6.93. The van der Waals surface area contributed by atoms with E-state index in [0.717, 1.165) is 29.3 Å². The van der Waals surface area contributed by atoms with Crippen LogP contribution in [0.3, 0.4) is 0 Å². The van der Waals surface area contributed by atoms with Crippen molar-refractivity contribution in [3.05, 3.63) is 66.6 Å². The zero-order chi connectivity index (χ0) is 24.1. The number of rotatable bonds is 9. The fourth-order valence-corrected chi connectivity index (χ4v) is 3.55. The van der Waals surface area contributed by atoms with Gasteiger partial charge in [0.15, 0.2) is 17.1 Å². The first-order valence-corrected chi connectivity index (χ1v) is 10.8. The number of ether oxygens (including phenoxy) is 2. The number of methoxy groups -OCH3 is 2. The first-order valence-electron chi connectivity index (χ1n) is 10.8. The van der Waals surface area contributed by atoms with Gasteiger partial charge in [-0.25, -0.2) is 4.98 Å². The Morgan fingerprint density at radius 2 is 1.82 bits per heavy atom. The summed E-state index contributed by atoms with van der Waals surface area (Å²) in [6.45, 7) is 1.38. The van der Waals surface area contributed by atoms with Gasteiger partial charge < -0.3 is 25.0 Å². The molecule has 34 heavy (non-hydrogen) atoms. The van der Waals surface area contributed by atoms with E-state index in [1.54, 1.807) is 38.7 Å². The molecule has 4 rings (SSSR count). The first kappa shape index (κ1) is 23.1. The second kappa shape index (κ2) is 10.2. The van der Waals surface area contributed by atoms with E-state index in [0.29, 0.717) is 29.3 Å². The Balaban J connectivity index is 1.63. The number of nitrogens with zero attached hydrogens (tertiary/aromatic N) is 4. The molecular weight excluding hydrogens is 432 g/mol. The van der Waals surface area contributed by atoms with Crippen LogP contribution in [-0.2, 0) is 0 Å². The lowest BCUT2D eigenvalue weighted by atomic mass is 10.1. The van der Waals surface area contributed by atoms with Gasteiger partial charge in [-0.2, -0.15) is 0 Å². The lowest BCUT2D eigenvalue weighted by Crippen LogP contribution is -2.31. The zero-order valence-electron chi connectivity index (χ0n) is 19.7. The van der Waals surface area contributed by atoms with Crippen LogP contribution < -0.4 is 20.1 Å². The minimum Gasteiger partial charge on any atom is -0.493 e. The van der Waals surface area contributed by atoms with Crippen LogP contribution >= 0.6 is 0 Å². The van der Waals surface area contributed by atoms with E-state index in [1.165, 1.54) is 0 Å². The van der Waals surface area contributed by atoms with Gasteiger partial charge in [0.2, 0.25) is 0 Å². The SMILES string of the molecule is COc1ccc(-c2nc3cnccn3c2Nc2ccc(C(=O)NCCN(C)C)cc2)cc1OC. The van der Waals surface area contributed by atoms with Crippen molar-refractivity contribution < 1.29 is 14.3 Å². The van der Waals surface area contributed by atoms with Gasteiger partial charge in [0.05, 0.1) is 20.4 Å². The summed E-state index contributed by atoms with van der Waals surface area (Å²) in [4.78, 5) is 23.4. The maximum atomic E-state index is 12.4. The molecule has 0 atom stereocenters. The van der Waals surface area contributed by atoms with E-state index in [4.69, 9.17) is 14.5 Å². The minimum atomic E-state index is -0.0970. The summed E-state index contributed by atoms with van der Waals surface area (Å²) >= 11 is 0. The Morgan fingerprint density at radius 3 is 2.53 bits per heavy atom. The highest BCUT2D eigenvalue weighted by Crippen LogP contribution is 2.36. The molecule has 0 unspecified atom stereocenters. The molecule has 176 valence electrons. The third kappa shape index (κ3) is 4.94. The topological polar surface area (TPSA) is 93.0 Å². The lowest BCUT2D eigenvalue weighted by molar-refractivity contribution is 0.0951. The van der Waals surface area contributed by atoms with E-state index < -0.39 is 0 Å². The van der Waals surface area contributed by atoms with Crippen molar-refractivity contribution in [3.63, 3.8) is 0 Å². The molecule has 2 aromatic carbocycles. The highest BCUT2D eigenvalue weighted by atomic mass is 16.5. The molecule has 0 saturated heterocycles. The molecule has 0 aliphatic heterocycles. The van der Waals surface area contributed by atoms with E-state index in [9.17, 15) is 4.79 Å². The number of imidazole rings is 1. The maximum absolute atomic E-state index is 12.4. The van der Waals surface area contributed by atoms with Gasteiger partial charge in [-0.1, -0.05) is 0 Å². The summed E-state index contributed by atoms with van der Waals surface area (Å²) in [5, 5.41) is 6.37. The van der Waals surface area contributed by atoms with Gasteiger partial charge in [0.25, 0.3) is 5.91 Å². The molecule has 0 saturated carbocycles. The fraction of sp³-hybridized carbons (Fsp3) is 0.240. The van der Waals surface area contributed by atoms with Crippen LogP contribution in [0.2, 0.25) is 0 Å². The highest BCUT2D eigenvalue weighted by Gasteiger charge is 2.17. The summed E-state index contributed by atoms with van der Waals surface area (Å²) in [5.74, 6) is 1.93. The third-order valence-electron chi connectivity index (χ3n) is 5.34. The van der Waals surface area contributed by atoms with E-state index in [2.05, 4.69) is 15.6 Å². The van der Waals surface area contributed by atoms with Crippen molar-refractivity contribution in [2.75, 3.05) is 46.7 Å². The minimum absolute atomic E-state index is 0.0970. The Bertz CT molecular complexity index is 1280. The molecule has 0 radical (unpaired) electrons. The standard InChI is InChI=1S/C25H28N6O3/c1-30(2)13-12-27-25(32)17-5-8-19(9-6-17)28-24-23(29-22-16-26-11-14-31(22)24)18-7-10-20(33-3)21(15-18)34-4/h5-11,14-16,28H,12-13H2,1-4H3,(H,27,32). The van der Waals surface area contributed by atoms with Crippen LogP contribution in [0.1, 0.15) is 10.4 Å². The zero-order valence-corrected chi connectivity index (χ0v) is 19.7. The van der Waals surface area contributed by atoms with Crippen LogP contribution in [0, 0.1) is 0 Å². The summed E-state index contributed by atoms with van der Waals surface area (Å²) in [7, 11) is 7.15. The number of carbonyl (C=O) groups excluding carboxylic acids is 1. The summed E-state index contributed by atoms with van der Waals surface area (Å²) in [6, 6.07) is 13.0. The molecule has 1 amide bonds. The normalized spacial score (nSPS) is 11.0. The molecular formula is C25H28N6O3. The summed E-state index contributed by atoms with van der Waals surface area (Å²) in [6.07, 6.45) is 5.26. The van der Waals surface area contributed by atoms with Gasteiger partial charge in [-0.3, -0.25) is 14.2 Å². The average molecular weight is 461 g/mol. The molecule has 2 aromatic heterocycles.